The van der Waals surface area contributed by atoms with Crippen molar-refractivity contribution in [3.63, 3.8) is 0 Å². The zero-order valence-electron chi connectivity index (χ0n) is 16.4. The van der Waals surface area contributed by atoms with E-state index < -0.39 is 0 Å². The Morgan fingerprint density at radius 3 is 2.00 bits per heavy atom. The second kappa shape index (κ2) is 10.0. The van der Waals surface area contributed by atoms with Crippen LogP contribution >= 0.6 is 0 Å². The highest BCUT2D eigenvalue weighted by atomic mass is 16.2. The van der Waals surface area contributed by atoms with E-state index in [0.717, 1.165) is 36.8 Å². The molecule has 0 radical (unpaired) electrons. The highest BCUT2D eigenvalue weighted by Crippen LogP contribution is 2.27. The molecule has 0 atom stereocenters. The van der Waals surface area contributed by atoms with E-state index in [1.807, 2.05) is 48.3 Å². The van der Waals surface area contributed by atoms with Gasteiger partial charge in [-0.1, -0.05) is 79.9 Å². The van der Waals surface area contributed by atoms with Crippen LogP contribution in [0.15, 0.2) is 60.7 Å². The first-order chi connectivity index (χ1) is 13.6. The predicted octanol–water partition coefficient (Wildman–Crippen LogP) is 3.87. The van der Waals surface area contributed by atoms with Crippen molar-refractivity contribution < 1.29 is 9.59 Å². The van der Waals surface area contributed by atoms with Gasteiger partial charge in [0.1, 0.15) is 0 Å². The Bertz CT molecular complexity index is 718. The average molecular weight is 380 g/mol. The van der Waals surface area contributed by atoms with Gasteiger partial charge in [-0.15, -0.1) is 0 Å². The Labute approximate surface area is 167 Å². The maximum atomic E-state index is 12.5. The van der Waals surface area contributed by atoms with Gasteiger partial charge in [0.05, 0.1) is 12.6 Å². The minimum absolute atomic E-state index is 0.0606. The molecule has 3 amide bonds. The van der Waals surface area contributed by atoms with Crippen molar-refractivity contribution in [3.8, 4) is 0 Å². The van der Waals surface area contributed by atoms with Crippen LogP contribution in [0, 0.1) is 0 Å². The average Bonchev–Trinajstić information content (AvgIpc) is 2.70. The molecular formula is C23H29N3O2. The van der Waals surface area contributed by atoms with Crippen LogP contribution < -0.4 is 10.6 Å². The zero-order chi connectivity index (χ0) is 19.8. The van der Waals surface area contributed by atoms with Crippen molar-refractivity contribution in [2.24, 2.45) is 0 Å². The van der Waals surface area contributed by atoms with Crippen LogP contribution in [0.1, 0.15) is 49.3 Å². The molecule has 0 spiro atoms. The molecule has 5 nitrogen and oxygen atoms in total. The molecule has 1 aliphatic rings. The van der Waals surface area contributed by atoms with Crippen molar-refractivity contribution in [1.82, 2.24) is 15.5 Å². The van der Waals surface area contributed by atoms with Gasteiger partial charge in [-0.05, 0) is 31.0 Å². The maximum Gasteiger partial charge on any atom is 0.321 e. The maximum absolute atomic E-state index is 12.5. The third-order valence-electron chi connectivity index (χ3n) is 5.26. The lowest BCUT2D eigenvalue weighted by atomic mass is 9.96. The number of nitrogens with zero attached hydrogens (tertiary/aromatic N) is 1. The van der Waals surface area contributed by atoms with Gasteiger partial charge in [0.25, 0.3) is 0 Å². The molecule has 0 aromatic heterocycles. The molecule has 1 fully saturated rings. The summed E-state index contributed by atoms with van der Waals surface area (Å²) >= 11 is 0. The Morgan fingerprint density at radius 2 is 1.46 bits per heavy atom. The molecule has 0 heterocycles. The monoisotopic (exact) mass is 379 g/mol. The van der Waals surface area contributed by atoms with Crippen LogP contribution in [-0.4, -0.2) is 36.5 Å². The first-order valence-electron chi connectivity index (χ1n) is 10.0. The molecule has 2 N–H and O–H groups in total. The van der Waals surface area contributed by atoms with Gasteiger partial charge >= 0.3 is 6.03 Å². The van der Waals surface area contributed by atoms with Crippen molar-refractivity contribution in [1.29, 1.82) is 0 Å². The van der Waals surface area contributed by atoms with Gasteiger partial charge in [0.2, 0.25) is 5.91 Å². The molecule has 0 unspecified atom stereocenters. The number of imide groups is 1. The van der Waals surface area contributed by atoms with E-state index in [1.165, 1.54) is 6.42 Å². The van der Waals surface area contributed by atoms with Crippen molar-refractivity contribution in [2.75, 3.05) is 13.6 Å². The highest BCUT2D eigenvalue weighted by molar-refractivity contribution is 5.95. The van der Waals surface area contributed by atoms with Crippen LogP contribution in [0.25, 0.3) is 0 Å². The minimum Gasteiger partial charge on any atom is -0.335 e. The molecule has 3 rings (SSSR count). The van der Waals surface area contributed by atoms with Gasteiger partial charge in [0.15, 0.2) is 0 Å². The van der Waals surface area contributed by atoms with E-state index >= 15 is 0 Å². The van der Waals surface area contributed by atoms with E-state index in [9.17, 15) is 9.59 Å². The molecule has 148 valence electrons. The van der Waals surface area contributed by atoms with Crippen LogP contribution in [-0.2, 0) is 4.79 Å². The van der Waals surface area contributed by atoms with Gasteiger partial charge in [-0.3, -0.25) is 15.0 Å². The van der Waals surface area contributed by atoms with Crippen LogP contribution in [0.3, 0.4) is 0 Å². The molecule has 0 saturated heterocycles. The molecule has 2 aromatic rings. The van der Waals surface area contributed by atoms with E-state index in [1.54, 1.807) is 0 Å². The molecular weight excluding hydrogens is 350 g/mol. The quantitative estimate of drug-likeness (QED) is 0.801. The fraction of sp³-hybridized carbons (Fsp3) is 0.391. The van der Waals surface area contributed by atoms with Gasteiger partial charge in [0, 0.05) is 6.04 Å². The van der Waals surface area contributed by atoms with Gasteiger partial charge in [-0.25, -0.2) is 4.79 Å². The van der Waals surface area contributed by atoms with Crippen LogP contribution in [0.2, 0.25) is 0 Å². The lowest BCUT2D eigenvalue weighted by Crippen LogP contribution is -2.48. The normalized spacial score (nSPS) is 14.8. The fourth-order valence-corrected chi connectivity index (χ4v) is 3.92. The molecule has 2 aromatic carbocycles. The largest absolute Gasteiger partial charge is 0.335 e. The fourth-order valence-electron chi connectivity index (χ4n) is 3.92. The number of carbonyl (C=O) groups is 2. The molecule has 0 bridgehead atoms. The Morgan fingerprint density at radius 1 is 0.929 bits per heavy atom. The first kappa shape index (κ1) is 20.1. The summed E-state index contributed by atoms with van der Waals surface area (Å²) in [5.74, 6) is -0.298. The van der Waals surface area contributed by atoms with Crippen molar-refractivity contribution >= 4 is 11.9 Å². The summed E-state index contributed by atoms with van der Waals surface area (Å²) in [6.45, 7) is 0.131. The number of benzene rings is 2. The summed E-state index contributed by atoms with van der Waals surface area (Å²) in [5, 5.41) is 5.41. The standard InChI is InChI=1S/C23H29N3O2/c1-26(17-21(27)25-23(28)24-20-15-9-4-10-16-20)22(18-11-5-2-6-12-18)19-13-7-3-8-14-19/h2-3,5-8,11-14,20,22H,4,9-10,15-17H2,1H3,(H2,24,25,27,28). The third-order valence-corrected chi connectivity index (χ3v) is 5.26. The lowest BCUT2D eigenvalue weighted by molar-refractivity contribution is -0.121. The molecule has 1 saturated carbocycles. The summed E-state index contributed by atoms with van der Waals surface area (Å²) in [4.78, 5) is 26.6. The summed E-state index contributed by atoms with van der Waals surface area (Å²) in [7, 11) is 1.91. The van der Waals surface area contributed by atoms with E-state index in [2.05, 4.69) is 34.9 Å². The number of likely N-dealkylation sites (N-methyl/N-ethyl adjacent to an activating group) is 1. The van der Waals surface area contributed by atoms with Crippen molar-refractivity contribution in [3.05, 3.63) is 71.8 Å². The van der Waals surface area contributed by atoms with Crippen LogP contribution in [0.4, 0.5) is 4.79 Å². The van der Waals surface area contributed by atoms with E-state index in [0.29, 0.717) is 0 Å². The minimum atomic E-state index is -0.388. The van der Waals surface area contributed by atoms with Crippen LogP contribution in [0.5, 0.6) is 0 Å². The number of urea groups is 1. The van der Waals surface area contributed by atoms with Crippen molar-refractivity contribution in [2.45, 2.75) is 44.2 Å². The summed E-state index contributed by atoms with van der Waals surface area (Å²) in [6.07, 6.45) is 5.48. The third kappa shape index (κ3) is 5.67. The smallest absolute Gasteiger partial charge is 0.321 e. The molecule has 28 heavy (non-hydrogen) atoms. The SMILES string of the molecule is CN(CC(=O)NC(=O)NC1CCCCC1)C(c1ccccc1)c1ccccc1. The predicted molar refractivity (Wildman–Crippen MR) is 111 cm³/mol. The Hall–Kier alpha value is -2.66. The summed E-state index contributed by atoms with van der Waals surface area (Å²) in [5.41, 5.74) is 2.21. The second-order valence-electron chi connectivity index (χ2n) is 7.50. The molecule has 0 aliphatic heterocycles. The topological polar surface area (TPSA) is 61.4 Å². The lowest BCUT2D eigenvalue weighted by Gasteiger charge is -2.28. The summed E-state index contributed by atoms with van der Waals surface area (Å²) < 4.78 is 0. The van der Waals surface area contributed by atoms with Gasteiger partial charge < -0.3 is 5.32 Å². The number of carbonyl (C=O) groups excluding carboxylic acids is 2. The first-order valence-corrected chi connectivity index (χ1v) is 10.0. The van der Waals surface area contributed by atoms with Gasteiger partial charge in [-0.2, -0.15) is 0 Å². The summed E-state index contributed by atoms with van der Waals surface area (Å²) in [6, 6.07) is 19.9. The van der Waals surface area contributed by atoms with E-state index in [-0.39, 0.29) is 30.6 Å². The Kier molecular flexibility index (Phi) is 7.20. The number of amides is 3. The number of hydrogen-bond donors (Lipinski definition) is 2. The Balaban J connectivity index is 1.62. The molecule has 5 heteroatoms. The zero-order valence-corrected chi connectivity index (χ0v) is 16.4. The number of rotatable bonds is 6. The highest BCUT2D eigenvalue weighted by Gasteiger charge is 2.22. The second-order valence-corrected chi connectivity index (χ2v) is 7.50. The number of nitrogens with one attached hydrogen (secondary N) is 2. The molecule has 1 aliphatic carbocycles. The van der Waals surface area contributed by atoms with E-state index in [4.69, 9.17) is 0 Å². The number of hydrogen-bond acceptors (Lipinski definition) is 3.